The van der Waals surface area contributed by atoms with E-state index >= 15 is 0 Å². The molecule has 8 aromatic rings. The minimum absolute atomic E-state index is 0. The summed E-state index contributed by atoms with van der Waals surface area (Å²) in [5.74, 6) is 2.84. The topological polar surface area (TPSA) is 215 Å². The Kier molecular flexibility index (Phi) is 11.0. The molecular weight excluding hydrogens is 1110 g/mol. The summed E-state index contributed by atoms with van der Waals surface area (Å²) in [6, 6.07) is 24.0. The maximum Gasteiger partial charge on any atom is 2.00 e. The van der Waals surface area contributed by atoms with Crippen LogP contribution in [0.25, 0.3) is 89.7 Å². The van der Waals surface area contributed by atoms with Crippen molar-refractivity contribution in [3.05, 3.63) is 90.0 Å². The fourth-order valence-electron chi connectivity index (χ4n) is 13.1. The van der Waals surface area contributed by atoms with Crippen LogP contribution in [-0.4, -0.2) is 60.2 Å². The Morgan fingerprint density at radius 2 is 0.707 bits per heavy atom. The Hall–Kier alpha value is -7.21. The molecule has 0 unspecified atom stereocenters. The number of benzene rings is 5. The van der Waals surface area contributed by atoms with E-state index in [0.29, 0.717) is 131 Å². The zero-order valence-electron chi connectivity index (χ0n) is 46.6. The van der Waals surface area contributed by atoms with Gasteiger partial charge in [-0.25, -0.2) is 9.97 Å². The molecule has 16 rings (SSSR count). The third-order valence-corrected chi connectivity index (χ3v) is 19.3. The molecule has 3 aliphatic carbocycles. The van der Waals surface area contributed by atoms with Gasteiger partial charge in [0.2, 0.25) is 0 Å². The largest absolute Gasteiger partial charge is 2.00 e. The van der Waals surface area contributed by atoms with E-state index in [2.05, 4.69) is 41.5 Å². The molecule has 5 aromatic carbocycles. The number of hydrogen-bond acceptors (Lipinski definition) is 14. The smallest absolute Gasteiger partial charge is 0.448 e. The van der Waals surface area contributed by atoms with Crippen molar-refractivity contribution in [3.63, 3.8) is 0 Å². The molecule has 0 radical (unpaired) electrons. The minimum atomic E-state index is -4.36. The van der Waals surface area contributed by atoms with E-state index in [1.807, 2.05) is 54.6 Å². The van der Waals surface area contributed by atoms with Gasteiger partial charge < -0.3 is 58.3 Å². The summed E-state index contributed by atoms with van der Waals surface area (Å²) < 4.78 is 74.3. The van der Waals surface area contributed by atoms with Crippen LogP contribution in [0.3, 0.4) is 0 Å². The summed E-state index contributed by atoms with van der Waals surface area (Å²) in [7, 11) is -4.36. The predicted octanol–water partition coefficient (Wildman–Crippen LogP) is 13.2. The van der Waals surface area contributed by atoms with Gasteiger partial charge in [-0.2, -0.15) is 8.42 Å². The summed E-state index contributed by atoms with van der Waals surface area (Å²) in [4.78, 5) is 42.0. The van der Waals surface area contributed by atoms with Crippen LogP contribution in [0.5, 0.6) is 34.5 Å². The monoisotopic (exact) mass is 1170 g/mol. The third kappa shape index (κ3) is 8.52. The first kappa shape index (κ1) is 51.7. The van der Waals surface area contributed by atoms with Gasteiger partial charge in [0.25, 0.3) is 27.5 Å². The van der Waals surface area contributed by atoms with Crippen molar-refractivity contribution in [3.8, 4) is 80.0 Å². The van der Waals surface area contributed by atoms with Crippen LogP contribution in [0.4, 0.5) is 0 Å². The molecule has 0 atom stereocenters. The summed E-state index contributed by atoms with van der Waals surface area (Å²) in [5.41, 5.74) is 6.56. The molecule has 0 saturated heterocycles. The van der Waals surface area contributed by atoms with Crippen molar-refractivity contribution < 1.29 is 60.9 Å². The van der Waals surface area contributed by atoms with Gasteiger partial charge in [-0.3, -0.25) is 4.55 Å². The number of hydrogen-bond donors (Lipinski definition) is 1. The second-order valence-electron chi connectivity index (χ2n) is 26.0. The molecule has 3 aromatic heterocycles. The second kappa shape index (κ2) is 17.4. The summed E-state index contributed by atoms with van der Waals surface area (Å²) in [5, 5.41) is 2.75. The molecular formula is C63H58N8O9SZn. The van der Waals surface area contributed by atoms with Crippen LogP contribution in [0.2, 0.25) is 0 Å². The van der Waals surface area contributed by atoms with Crippen LogP contribution in [0.15, 0.2) is 83.8 Å². The zero-order chi connectivity index (χ0) is 55.2. The Balaban J connectivity index is 0.00000576. The fraction of sp³-hybridized carbons (Fsp3) is 0.397. The van der Waals surface area contributed by atoms with Gasteiger partial charge in [-0.05, 0) is 148 Å². The van der Waals surface area contributed by atoms with Gasteiger partial charge in [0, 0.05) is 83.4 Å². The van der Waals surface area contributed by atoms with Crippen molar-refractivity contribution in [1.29, 1.82) is 0 Å². The molecule has 5 aliphatic heterocycles. The molecule has 8 bridgehead atoms. The van der Waals surface area contributed by atoms with E-state index in [1.54, 1.807) is 12.1 Å². The van der Waals surface area contributed by atoms with Crippen LogP contribution in [-0.2, 0) is 36.0 Å². The minimum Gasteiger partial charge on any atom is -0.448 e. The molecule has 19 heteroatoms. The van der Waals surface area contributed by atoms with E-state index in [1.165, 1.54) is 12.1 Å². The number of ether oxygens (including phenoxy) is 6. The molecule has 412 valence electrons. The molecule has 3 saturated carbocycles. The number of aromatic nitrogens is 8. The molecule has 8 aliphatic rings. The average molecular weight is 1170 g/mol. The van der Waals surface area contributed by atoms with Crippen molar-refractivity contribution in [2.75, 3.05) is 0 Å². The van der Waals surface area contributed by atoms with Gasteiger partial charge in [0.05, 0.1) is 28.2 Å². The average Bonchev–Trinajstić information content (AvgIpc) is 3.45. The van der Waals surface area contributed by atoms with Gasteiger partial charge in [0.15, 0.2) is 34.5 Å². The van der Waals surface area contributed by atoms with Crippen molar-refractivity contribution >= 4 is 54.3 Å². The Labute approximate surface area is 485 Å². The Morgan fingerprint density at radius 3 is 1.05 bits per heavy atom. The summed E-state index contributed by atoms with van der Waals surface area (Å²) >= 11 is 0. The van der Waals surface area contributed by atoms with Crippen LogP contribution < -0.4 is 38.4 Å². The van der Waals surface area contributed by atoms with Crippen LogP contribution >= 0.6 is 0 Å². The summed E-state index contributed by atoms with van der Waals surface area (Å²) in [6.45, 7) is 13.8. The van der Waals surface area contributed by atoms with Crippen LogP contribution in [0.1, 0.15) is 130 Å². The van der Waals surface area contributed by atoms with E-state index in [0.717, 1.165) is 88.2 Å². The molecule has 8 heterocycles. The van der Waals surface area contributed by atoms with E-state index in [9.17, 15) is 13.0 Å². The number of nitrogens with zero attached hydrogens (tertiary/aromatic N) is 8. The number of rotatable bonds is 3. The van der Waals surface area contributed by atoms with E-state index in [-0.39, 0.29) is 40.6 Å². The maximum absolute atomic E-state index is 11.9. The van der Waals surface area contributed by atoms with Gasteiger partial charge in [-0.1, -0.05) is 65.8 Å². The zero-order valence-corrected chi connectivity index (χ0v) is 50.4. The standard InChI is InChI=1S/C63H58N8O9S.Zn/c1-58(2)13-19-61(20-14-58)75-44-27-38-39(28-45(44)76-61)54-67-52(38)65-50-36-12-9-34(25-33-7-10-35(11-8-33)81(72,73)74)26-37(36)51(64-50)66-53-40-29-46-47(78-62(77-46)21-15-59(3,4)16-22-62)30-41(40)55(68-53)70-57-43-32-49-48(31-42(43)56(69-54)71-57)79-63(80-49)23-17-60(5,6)18-24-63;/h7-12,26-32H,13-25H2,1-6H3,(H-2,64,65,66,67,68,69,70,71,72,73,74);/q-2;+2. The molecule has 0 amide bonds. The molecule has 1 N–H and O–H groups in total. The Morgan fingerprint density at radius 1 is 0.402 bits per heavy atom. The first-order valence-corrected chi connectivity index (χ1v) is 29.7. The number of fused-ring (bicyclic) bond motifs is 23. The second-order valence-corrected chi connectivity index (χ2v) is 27.5. The quantitative estimate of drug-likeness (QED) is 0.129. The summed E-state index contributed by atoms with van der Waals surface area (Å²) in [6.07, 6.45) is 10.7. The van der Waals surface area contributed by atoms with Crippen molar-refractivity contribution in [2.24, 2.45) is 16.2 Å². The van der Waals surface area contributed by atoms with Crippen molar-refractivity contribution in [2.45, 2.75) is 147 Å². The van der Waals surface area contributed by atoms with Gasteiger partial charge in [-0.15, -0.1) is 0 Å². The SMILES string of the molecule is CC1(C)CCC2(CC1)Oc1cc3c(cc1O2)-c1nc-3nc2[n-]c(nc3nc(nc4[n-]c(n1)c1cc5c(cc41)OC1(CCC(C)(C)CC1)O5)-c1cc(Cc4ccc(S(=O)(=O)O)cc4)ccc1-3)c1cc3c(cc21)OC1(CCC(C)(C)CC1)O3.[Zn+2]. The Bertz CT molecular complexity index is 4370. The normalized spacial score (nSPS) is 20.3. The molecule has 17 nitrogen and oxygen atoms in total. The first-order chi connectivity index (χ1) is 38.6. The maximum atomic E-state index is 11.9. The molecule has 3 spiro atoms. The third-order valence-electron chi connectivity index (χ3n) is 18.5. The predicted molar refractivity (Wildman–Crippen MR) is 302 cm³/mol. The van der Waals surface area contributed by atoms with E-state index in [4.69, 9.17) is 68.3 Å². The molecule has 82 heavy (non-hydrogen) atoms. The molecule has 3 fully saturated rings. The van der Waals surface area contributed by atoms with Crippen LogP contribution in [0, 0.1) is 16.2 Å². The van der Waals surface area contributed by atoms with Crippen molar-refractivity contribution in [1.82, 2.24) is 39.9 Å². The van der Waals surface area contributed by atoms with Gasteiger partial charge in [0.1, 0.15) is 0 Å². The van der Waals surface area contributed by atoms with Gasteiger partial charge >= 0.3 is 19.5 Å². The van der Waals surface area contributed by atoms with E-state index < -0.39 is 27.5 Å². The fourth-order valence-corrected chi connectivity index (χ4v) is 13.6. The first-order valence-electron chi connectivity index (χ1n) is 28.2.